The second kappa shape index (κ2) is 7.76. The zero-order valence-electron chi connectivity index (χ0n) is 17.3. The van der Waals surface area contributed by atoms with Gasteiger partial charge in [0.05, 0.1) is 12.2 Å². The van der Waals surface area contributed by atoms with Crippen molar-refractivity contribution in [2.24, 2.45) is 0 Å². The Bertz CT molecular complexity index is 922. The molecular formula is C24H29NO5. The number of likely N-dealkylation sites (tertiary alicyclic amines) is 1. The van der Waals surface area contributed by atoms with E-state index in [1.807, 2.05) is 43.3 Å². The van der Waals surface area contributed by atoms with Crippen LogP contribution >= 0.6 is 0 Å². The summed E-state index contributed by atoms with van der Waals surface area (Å²) in [5.74, 6) is 2.25. The molecule has 1 saturated heterocycles. The normalized spacial score (nSPS) is 23.5. The van der Waals surface area contributed by atoms with E-state index >= 15 is 0 Å². The van der Waals surface area contributed by atoms with Crippen LogP contribution in [0.1, 0.15) is 48.2 Å². The number of rotatable bonds is 3. The molecule has 0 aliphatic carbocycles. The molecule has 1 spiro atoms. The summed E-state index contributed by atoms with van der Waals surface area (Å²) >= 11 is 0. The Balaban J connectivity index is 1.22. The highest BCUT2D eigenvalue weighted by atomic mass is 16.6. The van der Waals surface area contributed by atoms with Gasteiger partial charge in [0.1, 0.15) is 24.6 Å². The van der Waals surface area contributed by atoms with Crippen LogP contribution in [0.25, 0.3) is 0 Å². The minimum absolute atomic E-state index is 0.319. The summed E-state index contributed by atoms with van der Waals surface area (Å²) in [5, 5.41) is 21.5. The molecular weight excluding hydrogens is 382 g/mol. The van der Waals surface area contributed by atoms with Crippen molar-refractivity contribution in [3.8, 4) is 17.2 Å². The number of aliphatic hydroxyl groups is 2. The fourth-order valence-corrected chi connectivity index (χ4v) is 4.82. The van der Waals surface area contributed by atoms with Crippen LogP contribution in [0.5, 0.6) is 17.2 Å². The smallest absolute Gasteiger partial charge is 0.161 e. The molecule has 3 aliphatic heterocycles. The molecule has 0 amide bonds. The fourth-order valence-electron chi connectivity index (χ4n) is 4.82. The summed E-state index contributed by atoms with van der Waals surface area (Å²) in [6, 6.07) is 11.7. The van der Waals surface area contributed by atoms with Crippen LogP contribution in [0.2, 0.25) is 0 Å². The Morgan fingerprint density at radius 2 is 1.77 bits per heavy atom. The highest BCUT2D eigenvalue weighted by Gasteiger charge is 2.43. The summed E-state index contributed by atoms with van der Waals surface area (Å²) in [5.41, 5.74) is 2.56. The number of aryl methyl sites for hydroxylation is 1. The third-order valence-corrected chi connectivity index (χ3v) is 6.57. The minimum Gasteiger partial charge on any atom is -0.487 e. The second-order valence-corrected chi connectivity index (χ2v) is 8.77. The van der Waals surface area contributed by atoms with E-state index in [2.05, 4.69) is 4.90 Å². The number of hydrogen-bond acceptors (Lipinski definition) is 6. The summed E-state index contributed by atoms with van der Waals surface area (Å²) in [7, 11) is 0. The Morgan fingerprint density at radius 3 is 2.57 bits per heavy atom. The van der Waals surface area contributed by atoms with Crippen molar-refractivity contribution in [3.05, 3.63) is 53.1 Å². The lowest BCUT2D eigenvalue weighted by molar-refractivity contribution is -0.0588. The van der Waals surface area contributed by atoms with Crippen molar-refractivity contribution < 1.29 is 24.4 Å². The average Bonchev–Trinajstić information content (AvgIpc) is 2.76. The molecule has 1 fully saturated rings. The molecule has 6 nitrogen and oxygen atoms in total. The summed E-state index contributed by atoms with van der Waals surface area (Å²) < 4.78 is 17.6. The van der Waals surface area contributed by atoms with Gasteiger partial charge in [0.25, 0.3) is 0 Å². The van der Waals surface area contributed by atoms with Gasteiger partial charge in [0.15, 0.2) is 11.5 Å². The number of hydrogen-bond donors (Lipinski definition) is 2. The molecule has 2 unspecified atom stereocenters. The standard InChI is InChI=1S/C24H29NO5/c1-16-2-4-21-18(12-16)19(26)14-24(30-21)6-8-25(9-7-24)15-20(27)17-3-5-22-23(13-17)29-11-10-28-22/h2-5,12-13,19-20,26-27H,6-11,14-15H2,1H3. The van der Waals surface area contributed by atoms with Crippen LogP contribution < -0.4 is 14.2 Å². The minimum atomic E-state index is -0.587. The first kappa shape index (κ1) is 19.7. The monoisotopic (exact) mass is 411 g/mol. The Labute approximate surface area is 177 Å². The maximum absolute atomic E-state index is 10.8. The van der Waals surface area contributed by atoms with Crippen molar-refractivity contribution in [3.63, 3.8) is 0 Å². The maximum Gasteiger partial charge on any atom is 0.161 e. The highest BCUT2D eigenvalue weighted by Crippen LogP contribution is 2.44. The number of β-amino-alcohol motifs (C(OH)–C–C–N with tert-alkyl or cyclic N) is 1. The lowest BCUT2D eigenvalue weighted by Gasteiger charge is -2.46. The third-order valence-electron chi connectivity index (χ3n) is 6.57. The zero-order valence-corrected chi connectivity index (χ0v) is 17.3. The van der Waals surface area contributed by atoms with E-state index in [0.717, 1.165) is 54.1 Å². The van der Waals surface area contributed by atoms with Crippen molar-refractivity contribution >= 4 is 0 Å². The lowest BCUT2D eigenvalue weighted by Crippen LogP contribution is -2.51. The number of piperidine rings is 1. The molecule has 3 heterocycles. The predicted molar refractivity (Wildman–Crippen MR) is 112 cm³/mol. The van der Waals surface area contributed by atoms with E-state index in [4.69, 9.17) is 14.2 Å². The molecule has 5 rings (SSSR count). The summed E-state index contributed by atoms with van der Waals surface area (Å²) in [6.45, 7) is 5.35. The van der Waals surface area contributed by atoms with Gasteiger partial charge in [-0.05, 0) is 49.6 Å². The first-order valence-corrected chi connectivity index (χ1v) is 10.8. The largest absolute Gasteiger partial charge is 0.487 e. The predicted octanol–water partition coefficient (Wildman–Crippen LogP) is 3.15. The van der Waals surface area contributed by atoms with E-state index in [1.165, 1.54) is 0 Å². The number of fused-ring (bicyclic) bond motifs is 2. The van der Waals surface area contributed by atoms with Crippen LogP contribution in [0.3, 0.4) is 0 Å². The molecule has 2 N–H and O–H groups in total. The molecule has 2 aromatic rings. The van der Waals surface area contributed by atoms with Crippen molar-refractivity contribution in [2.75, 3.05) is 32.8 Å². The Hall–Kier alpha value is -2.28. The first-order valence-electron chi connectivity index (χ1n) is 10.8. The number of benzene rings is 2. The average molecular weight is 411 g/mol. The van der Waals surface area contributed by atoms with Gasteiger partial charge in [-0.1, -0.05) is 17.7 Å². The van der Waals surface area contributed by atoms with Crippen molar-refractivity contribution in [1.29, 1.82) is 0 Å². The van der Waals surface area contributed by atoms with Gasteiger partial charge in [0, 0.05) is 31.6 Å². The van der Waals surface area contributed by atoms with E-state index in [1.54, 1.807) is 0 Å². The quantitative estimate of drug-likeness (QED) is 0.809. The highest BCUT2D eigenvalue weighted by molar-refractivity contribution is 5.44. The lowest BCUT2D eigenvalue weighted by atomic mass is 9.81. The molecule has 3 aliphatic rings. The summed E-state index contributed by atoms with van der Waals surface area (Å²) in [6.07, 6.45) is 1.23. The number of ether oxygens (including phenoxy) is 3. The van der Waals surface area contributed by atoms with E-state index in [9.17, 15) is 10.2 Å². The summed E-state index contributed by atoms with van der Waals surface area (Å²) in [4.78, 5) is 2.27. The second-order valence-electron chi connectivity index (χ2n) is 8.77. The van der Waals surface area contributed by atoms with Gasteiger partial charge in [-0.3, -0.25) is 0 Å². The zero-order chi connectivity index (χ0) is 20.7. The molecule has 30 heavy (non-hydrogen) atoms. The van der Waals surface area contributed by atoms with Gasteiger partial charge in [-0.25, -0.2) is 0 Å². The van der Waals surface area contributed by atoms with Gasteiger partial charge >= 0.3 is 0 Å². The van der Waals surface area contributed by atoms with Gasteiger partial charge < -0.3 is 29.3 Å². The maximum atomic E-state index is 10.8. The van der Waals surface area contributed by atoms with Gasteiger partial charge in [0.2, 0.25) is 0 Å². The Kier molecular flexibility index (Phi) is 5.09. The third kappa shape index (κ3) is 3.75. The molecule has 0 saturated carbocycles. The molecule has 6 heteroatoms. The SMILES string of the molecule is Cc1ccc2c(c1)C(O)CC1(CCN(CC(O)c3ccc4c(c3)OCCO4)CC1)O2. The van der Waals surface area contributed by atoms with Gasteiger partial charge in [-0.15, -0.1) is 0 Å². The molecule has 2 aromatic carbocycles. The van der Waals surface area contributed by atoms with Crippen LogP contribution in [0.15, 0.2) is 36.4 Å². The fraction of sp³-hybridized carbons (Fsp3) is 0.500. The van der Waals surface area contributed by atoms with E-state index in [-0.39, 0.29) is 5.60 Å². The molecule has 0 bridgehead atoms. The van der Waals surface area contributed by atoms with Crippen molar-refractivity contribution in [2.45, 2.75) is 44.0 Å². The molecule has 2 atom stereocenters. The number of nitrogens with zero attached hydrogens (tertiary/aromatic N) is 1. The molecule has 0 radical (unpaired) electrons. The van der Waals surface area contributed by atoms with Gasteiger partial charge in [-0.2, -0.15) is 0 Å². The van der Waals surface area contributed by atoms with Crippen LogP contribution in [0, 0.1) is 6.92 Å². The topological polar surface area (TPSA) is 71.4 Å². The molecule has 0 aromatic heterocycles. The van der Waals surface area contributed by atoms with Crippen molar-refractivity contribution in [1.82, 2.24) is 4.90 Å². The van der Waals surface area contributed by atoms with Crippen LogP contribution in [-0.4, -0.2) is 53.6 Å². The first-order chi connectivity index (χ1) is 14.5. The van der Waals surface area contributed by atoms with E-state index < -0.39 is 12.2 Å². The molecule has 160 valence electrons. The number of aliphatic hydroxyl groups excluding tert-OH is 2. The Morgan fingerprint density at radius 1 is 1.03 bits per heavy atom. The van der Waals surface area contributed by atoms with Crippen LogP contribution in [0.4, 0.5) is 0 Å². The van der Waals surface area contributed by atoms with E-state index in [0.29, 0.717) is 31.9 Å². The van der Waals surface area contributed by atoms with Crippen LogP contribution in [-0.2, 0) is 0 Å².